The maximum Gasteiger partial charge on any atom is 0.303 e. The molecule has 14 heavy (non-hydrogen) atoms. The van der Waals surface area contributed by atoms with Crippen LogP contribution in [0, 0.1) is 0 Å². The van der Waals surface area contributed by atoms with E-state index < -0.39 is 18.0 Å². The first-order chi connectivity index (χ1) is 6.16. The van der Waals surface area contributed by atoms with Crippen LogP contribution in [-0.4, -0.2) is 49.7 Å². The number of aliphatic carboxylic acids is 1. The minimum atomic E-state index is -1.36. The Kier molecular flexibility index (Phi) is 4.07. The molecule has 2 atom stereocenters. The molecule has 0 N–H and O–H groups in total. The lowest BCUT2D eigenvalue weighted by Crippen LogP contribution is -2.57. The van der Waals surface area contributed by atoms with Crippen molar-refractivity contribution in [3.05, 3.63) is 0 Å². The molecular weight excluding hydrogens is 186 g/mol. The standard InChI is InChI=1S/C9H17NO4/c1-6(10(3,4)5)8(9(12)13)14-7(2)11/h6,8H,1-5H3. The highest BCUT2D eigenvalue weighted by Gasteiger charge is 2.31. The molecule has 0 aromatic heterocycles. The van der Waals surface area contributed by atoms with Gasteiger partial charge in [0.1, 0.15) is 6.04 Å². The molecule has 0 aromatic carbocycles. The van der Waals surface area contributed by atoms with E-state index in [1.165, 1.54) is 6.92 Å². The molecular formula is C9H17NO4. The van der Waals surface area contributed by atoms with Gasteiger partial charge in [0.2, 0.25) is 0 Å². The summed E-state index contributed by atoms with van der Waals surface area (Å²) in [6, 6.07) is -0.358. The third kappa shape index (κ3) is 3.74. The number of esters is 1. The summed E-state index contributed by atoms with van der Waals surface area (Å²) in [4.78, 5) is 21.4. The van der Waals surface area contributed by atoms with E-state index in [-0.39, 0.29) is 6.04 Å². The minimum absolute atomic E-state index is 0.358. The summed E-state index contributed by atoms with van der Waals surface area (Å²) in [7, 11) is 5.47. The van der Waals surface area contributed by atoms with Crippen LogP contribution in [0.25, 0.3) is 0 Å². The number of quaternary nitrogens is 1. The summed E-state index contributed by atoms with van der Waals surface area (Å²) >= 11 is 0. The topological polar surface area (TPSA) is 66.4 Å². The lowest BCUT2D eigenvalue weighted by atomic mass is 10.1. The van der Waals surface area contributed by atoms with E-state index in [9.17, 15) is 14.7 Å². The number of carbonyl (C=O) groups excluding carboxylic acids is 2. The second-order valence-corrected chi connectivity index (χ2v) is 4.21. The van der Waals surface area contributed by atoms with Crippen LogP contribution in [0.2, 0.25) is 0 Å². The van der Waals surface area contributed by atoms with E-state index >= 15 is 0 Å². The molecule has 0 fully saturated rings. The van der Waals surface area contributed by atoms with Gasteiger partial charge in [-0.05, 0) is 6.92 Å². The Balaban J connectivity index is 4.66. The van der Waals surface area contributed by atoms with Crippen molar-refractivity contribution in [1.29, 1.82) is 0 Å². The third-order valence-corrected chi connectivity index (χ3v) is 2.19. The van der Waals surface area contributed by atoms with E-state index in [1.54, 1.807) is 6.92 Å². The van der Waals surface area contributed by atoms with Crippen molar-refractivity contribution in [2.75, 3.05) is 21.1 Å². The van der Waals surface area contributed by atoms with E-state index in [2.05, 4.69) is 4.74 Å². The van der Waals surface area contributed by atoms with Gasteiger partial charge < -0.3 is 19.1 Å². The molecule has 5 heteroatoms. The molecule has 0 amide bonds. The van der Waals surface area contributed by atoms with Gasteiger partial charge in [0.25, 0.3) is 0 Å². The highest BCUT2D eigenvalue weighted by molar-refractivity contribution is 5.76. The van der Waals surface area contributed by atoms with Crippen LogP contribution in [-0.2, 0) is 14.3 Å². The average molecular weight is 203 g/mol. The van der Waals surface area contributed by atoms with Crippen molar-refractivity contribution in [2.45, 2.75) is 26.0 Å². The summed E-state index contributed by atoms with van der Waals surface area (Å²) in [5.74, 6) is -1.97. The normalized spacial score (nSPS) is 15.8. The zero-order valence-corrected chi connectivity index (χ0v) is 9.23. The first-order valence-corrected chi connectivity index (χ1v) is 4.35. The summed E-state index contributed by atoms with van der Waals surface area (Å²) in [5.41, 5.74) is 0. The van der Waals surface area contributed by atoms with Crippen molar-refractivity contribution < 1.29 is 23.9 Å². The highest BCUT2D eigenvalue weighted by Crippen LogP contribution is 2.10. The maximum absolute atomic E-state index is 10.7. The third-order valence-electron chi connectivity index (χ3n) is 2.19. The molecule has 0 aromatic rings. The van der Waals surface area contributed by atoms with Crippen LogP contribution in [0.3, 0.4) is 0 Å². The van der Waals surface area contributed by atoms with Crippen LogP contribution >= 0.6 is 0 Å². The Morgan fingerprint density at radius 3 is 1.93 bits per heavy atom. The molecule has 0 saturated carbocycles. The van der Waals surface area contributed by atoms with Crippen LogP contribution in [0.4, 0.5) is 0 Å². The number of hydrogen-bond acceptors (Lipinski definition) is 4. The largest absolute Gasteiger partial charge is 0.546 e. The second-order valence-electron chi connectivity index (χ2n) is 4.21. The van der Waals surface area contributed by atoms with Gasteiger partial charge in [0, 0.05) is 6.92 Å². The fourth-order valence-corrected chi connectivity index (χ4v) is 0.929. The molecule has 0 aliphatic rings. The van der Waals surface area contributed by atoms with Gasteiger partial charge in [-0.3, -0.25) is 4.79 Å². The van der Waals surface area contributed by atoms with Crippen LogP contribution in [0.1, 0.15) is 13.8 Å². The Morgan fingerprint density at radius 2 is 1.71 bits per heavy atom. The average Bonchev–Trinajstić information content (AvgIpc) is 1.96. The van der Waals surface area contributed by atoms with Crippen molar-refractivity contribution in [1.82, 2.24) is 0 Å². The predicted octanol–water partition coefficient (Wildman–Crippen LogP) is -1.24. The van der Waals surface area contributed by atoms with Gasteiger partial charge in [-0.15, -0.1) is 0 Å². The number of carboxylic acids is 1. The zero-order valence-electron chi connectivity index (χ0n) is 9.23. The molecule has 0 spiro atoms. The summed E-state index contributed by atoms with van der Waals surface area (Å²) < 4.78 is 5.06. The fraction of sp³-hybridized carbons (Fsp3) is 0.778. The molecule has 82 valence electrons. The summed E-state index contributed by atoms with van der Waals surface area (Å²) in [6.07, 6.45) is -1.20. The van der Waals surface area contributed by atoms with E-state index in [0.29, 0.717) is 4.48 Å². The van der Waals surface area contributed by atoms with Crippen LogP contribution in [0.15, 0.2) is 0 Å². The summed E-state index contributed by atoms with van der Waals surface area (Å²) in [6.45, 7) is 2.88. The van der Waals surface area contributed by atoms with E-state index in [1.807, 2.05) is 21.1 Å². The molecule has 0 rings (SSSR count). The Hall–Kier alpha value is -1.10. The monoisotopic (exact) mass is 203 g/mol. The zero-order chi connectivity index (χ0) is 11.5. The molecule has 0 saturated heterocycles. The van der Waals surface area contributed by atoms with Gasteiger partial charge in [0.15, 0.2) is 6.10 Å². The van der Waals surface area contributed by atoms with Crippen LogP contribution in [0.5, 0.6) is 0 Å². The molecule has 0 bridgehead atoms. The molecule has 0 aliphatic heterocycles. The molecule has 5 nitrogen and oxygen atoms in total. The lowest BCUT2D eigenvalue weighted by molar-refractivity contribution is -0.896. The minimum Gasteiger partial charge on any atom is -0.546 e. The van der Waals surface area contributed by atoms with Gasteiger partial charge in [0.05, 0.1) is 27.1 Å². The van der Waals surface area contributed by atoms with Crippen molar-refractivity contribution in [3.8, 4) is 0 Å². The number of rotatable bonds is 4. The number of hydrogen-bond donors (Lipinski definition) is 0. The number of carboxylic acid groups (broad SMARTS) is 1. The second kappa shape index (κ2) is 4.41. The maximum atomic E-state index is 10.7. The van der Waals surface area contributed by atoms with E-state index in [0.717, 1.165) is 0 Å². The van der Waals surface area contributed by atoms with Gasteiger partial charge in [-0.1, -0.05) is 0 Å². The van der Waals surface area contributed by atoms with E-state index in [4.69, 9.17) is 0 Å². The smallest absolute Gasteiger partial charge is 0.303 e. The quantitative estimate of drug-likeness (QED) is 0.423. The first-order valence-electron chi connectivity index (χ1n) is 4.35. The van der Waals surface area contributed by atoms with Gasteiger partial charge >= 0.3 is 5.97 Å². The Bertz CT molecular complexity index is 231. The molecule has 0 radical (unpaired) electrons. The number of nitrogens with zero attached hydrogens (tertiary/aromatic N) is 1. The SMILES string of the molecule is CC(=O)OC(C(=O)[O-])C(C)[N+](C)(C)C. The van der Waals surface area contributed by atoms with Crippen molar-refractivity contribution >= 4 is 11.9 Å². The molecule has 2 unspecified atom stereocenters. The number of ether oxygens (including phenoxy) is 1. The number of carbonyl (C=O) groups is 2. The number of likely N-dealkylation sites (N-methyl/N-ethyl adjacent to an activating group) is 1. The lowest BCUT2D eigenvalue weighted by Gasteiger charge is -2.36. The Morgan fingerprint density at radius 1 is 1.29 bits per heavy atom. The predicted molar refractivity (Wildman–Crippen MR) is 48.1 cm³/mol. The fourth-order valence-electron chi connectivity index (χ4n) is 0.929. The highest BCUT2D eigenvalue weighted by atomic mass is 16.6. The summed E-state index contributed by atoms with van der Waals surface area (Å²) in [5, 5.41) is 10.7. The Labute approximate surface area is 83.9 Å². The first kappa shape index (κ1) is 12.9. The molecule has 0 heterocycles. The van der Waals surface area contributed by atoms with Gasteiger partial charge in [-0.25, -0.2) is 0 Å². The van der Waals surface area contributed by atoms with Crippen molar-refractivity contribution in [3.63, 3.8) is 0 Å². The van der Waals surface area contributed by atoms with Crippen LogP contribution < -0.4 is 5.11 Å². The molecule has 0 aliphatic carbocycles. The van der Waals surface area contributed by atoms with Crippen molar-refractivity contribution in [2.24, 2.45) is 0 Å². The van der Waals surface area contributed by atoms with Gasteiger partial charge in [-0.2, -0.15) is 0 Å².